The second-order valence-electron chi connectivity index (χ2n) is 9.88. The third kappa shape index (κ3) is 23.5. The monoisotopic (exact) mass is 472 g/mol. The normalized spacial score (nSPS) is 12.1. The van der Waals surface area contributed by atoms with Gasteiger partial charge in [0.05, 0.1) is 19.8 Å². The fourth-order valence-corrected chi connectivity index (χ4v) is 3.53. The molecule has 1 atom stereocenters. The zero-order chi connectivity index (χ0) is 24.7. The van der Waals surface area contributed by atoms with Gasteiger partial charge in [0.15, 0.2) is 0 Å². The fraction of sp³-hybridized carbons (Fsp3) is 0.926. The molecule has 0 spiro atoms. The molecular formula is C27H52O6. The Kier molecular flexibility index (Phi) is 21.3. The summed E-state index contributed by atoms with van der Waals surface area (Å²) in [5, 5.41) is 0. The predicted molar refractivity (Wildman–Crippen MR) is 134 cm³/mol. The Bertz CT molecular complexity index is 464. The van der Waals surface area contributed by atoms with Crippen LogP contribution in [0.5, 0.6) is 0 Å². The zero-order valence-electron chi connectivity index (χ0n) is 22.2. The van der Waals surface area contributed by atoms with Crippen molar-refractivity contribution in [2.24, 2.45) is 11.8 Å². The van der Waals surface area contributed by atoms with E-state index in [1.807, 2.05) is 6.92 Å². The summed E-state index contributed by atoms with van der Waals surface area (Å²) < 4.78 is 20.7. The number of hydrogen-bond donors (Lipinski definition) is 0. The molecule has 0 heterocycles. The average Bonchev–Trinajstić information content (AvgIpc) is 2.76. The van der Waals surface area contributed by atoms with Gasteiger partial charge in [-0.3, -0.25) is 0 Å². The summed E-state index contributed by atoms with van der Waals surface area (Å²) in [7, 11) is 0. The van der Waals surface area contributed by atoms with Gasteiger partial charge >= 0.3 is 12.3 Å². The van der Waals surface area contributed by atoms with E-state index in [-0.39, 0.29) is 12.7 Å². The van der Waals surface area contributed by atoms with Crippen molar-refractivity contribution in [1.82, 2.24) is 0 Å². The molecule has 33 heavy (non-hydrogen) atoms. The summed E-state index contributed by atoms with van der Waals surface area (Å²) >= 11 is 0. The summed E-state index contributed by atoms with van der Waals surface area (Å²) in [6.07, 6.45) is 13.2. The van der Waals surface area contributed by atoms with Gasteiger partial charge in [0.1, 0.15) is 6.10 Å². The molecule has 196 valence electrons. The molecule has 0 fully saturated rings. The third-order valence-corrected chi connectivity index (χ3v) is 5.65. The van der Waals surface area contributed by atoms with Crippen molar-refractivity contribution in [2.75, 3.05) is 19.8 Å². The molecule has 0 aromatic heterocycles. The molecule has 6 heteroatoms. The van der Waals surface area contributed by atoms with E-state index < -0.39 is 12.3 Å². The summed E-state index contributed by atoms with van der Waals surface area (Å²) in [6.45, 7) is 11.9. The summed E-state index contributed by atoms with van der Waals surface area (Å²) in [5.74, 6) is 1.47. The molecule has 0 aliphatic carbocycles. The topological polar surface area (TPSA) is 71.1 Å². The molecular weight excluding hydrogens is 420 g/mol. The Labute approximate surface area is 203 Å². The highest BCUT2D eigenvalue weighted by molar-refractivity contribution is 5.60. The smallest absolute Gasteiger partial charge is 0.434 e. The number of carbonyl (C=O) groups is 2. The highest BCUT2D eigenvalue weighted by Crippen LogP contribution is 2.13. The Balaban J connectivity index is 3.57. The summed E-state index contributed by atoms with van der Waals surface area (Å²) in [6, 6.07) is 0. The van der Waals surface area contributed by atoms with E-state index in [0.717, 1.165) is 38.0 Å². The van der Waals surface area contributed by atoms with Gasteiger partial charge in [0.25, 0.3) is 0 Å². The molecule has 0 N–H and O–H groups in total. The van der Waals surface area contributed by atoms with E-state index in [0.29, 0.717) is 38.4 Å². The van der Waals surface area contributed by atoms with Gasteiger partial charge in [0, 0.05) is 0 Å². The highest BCUT2D eigenvalue weighted by atomic mass is 16.7. The lowest BCUT2D eigenvalue weighted by molar-refractivity contribution is 0.0132. The van der Waals surface area contributed by atoms with E-state index in [1.54, 1.807) is 0 Å². The lowest BCUT2D eigenvalue weighted by Gasteiger charge is -2.16. The van der Waals surface area contributed by atoms with Crippen LogP contribution < -0.4 is 0 Å². The lowest BCUT2D eigenvalue weighted by Crippen LogP contribution is -2.20. The number of unbranched alkanes of at least 4 members (excludes halogenated alkanes) is 7. The second kappa shape index (κ2) is 22.3. The summed E-state index contributed by atoms with van der Waals surface area (Å²) in [4.78, 5) is 23.4. The van der Waals surface area contributed by atoms with E-state index in [4.69, 9.17) is 18.9 Å². The quantitative estimate of drug-likeness (QED) is 0.123. The first-order chi connectivity index (χ1) is 15.8. The molecule has 0 saturated heterocycles. The Morgan fingerprint density at radius 3 is 1.52 bits per heavy atom. The van der Waals surface area contributed by atoms with E-state index >= 15 is 0 Å². The third-order valence-electron chi connectivity index (χ3n) is 5.65. The molecule has 0 rings (SSSR count). The minimum absolute atomic E-state index is 0.224. The first kappa shape index (κ1) is 31.5. The zero-order valence-corrected chi connectivity index (χ0v) is 22.2. The molecule has 0 saturated carbocycles. The number of hydrogen-bond acceptors (Lipinski definition) is 6. The maximum Gasteiger partial charge on any atom is 0.508 e. The van der Waals surface area contributed by atoms with Crippen LogP contribution in [0.2, 0.25) is 0 Å². The number of carbonyl (C=O) groups excluding carboxylic acids is 2. The first-order valence-corrected chi connectivity index (χ1v) is 13.5. The van der Waals surface area contributed by atoms with Gasteiger partial charge in [-0.25, -0.2) is 9.59 Å². The molecule has 0 amide bonds. The Hall–Kier alpha value is -1.46. The van der Waals surface area contributed by atoms with Gasteiger partial charge in [-0.15, -0.1) is 0 Å². The van der Waals surface area contributed by atoms with Crippen molar-refractivity contribution in [3.8, 4) is 0 Å². The minimum atomic E-state index is -0.613. The van der Waals surface area contributed by atoms with Crippen molar-refractivity contribution < 1.29 is 28.5 Å². The van der Waals surface area contributed by atoms with Crippen LogP contribution in [0, 0.1) is 11.8 Å². The van der Waals surface area contributed by atoms with Crippen LogP contribution >= 0.6 is 0 Å². The van der Waals surface area contributed by atoms with Gasteiger partial charge in [-0.1, -0.05) is 86.0 Å². The van der Waals surface area contributed by atoms with Gasteiger partial charge < -0.3 is 18.9 Å². The first-order valence-electron chi connectivity index (χ1n) is 13.5. The van der Waals surface area contributed by atoms with Crippen LogP contribution in [0.25, 0.3) is 0 Å². The Morgan fingerprint density at radius 2 is 0.970 bits per heavy atom. The van der Waals surface area contributed by atoms with Crippen molar-refractivity contribution in [1.29, 1.82) is 0 Å². The van der Waals surface area contributed by atoms with Crippen LogP contribution in [0.3, 0.4) is 0 Å². The van der Waals surface area contributed by atoms with Crippen molar-refractivity contribution in [3.63, 3.8) is 0 Å². The highest BCUT2D eigenvalue weighted by Gasteiger charge is 2.14. The molecule has 0 aliphatic rings. The maximum atomic E-state index is 11.8. The van der Waals surface area contributed by atoms with E-state index in [2.05, 4.69) is 27.7 Å². The molecule has 0 bridgehead atoms. The van der Waals surface area contributed by atoms with Crippen molar-refractivity contribution in [2.45, 2.75) is 131 Å². The average molecular weight is 473 g/mol. The fourth-order valence-electron chi connectivity index (χ4n) is 3.53. The van der Waals surface area contributed by atoms with E-state index in [9.17, 15) is 9.59 Å². The van der Waals surface area contributed by atoms with E-state index in [1.165, 1.54) is 38.5 Å². The molecule has 0 aliphatic heterocycles. The van der Waals surface area contributed by atoms with Gasteiger partial charge in [-0.05, 0) is 50.4 Å². The predicted octanol–water partition coefficient (Wildman–Crippen LogP) is 8.45. The van der Waals surface area contributed by atoms with Gasteiger partial charge in [-0.2, -0.15) is 0 Å². The molecule has 0 aromatic carbocycles. The van der Waals surface area contributed by atoms with Crippen LogP contribution in [0.15, 0.2) is 0 Å². The standard InChI is InChI=1S/C27H52O6/c1-6-25(33-27(29)32-21-15-13-18-24(4)5)19-16-22-31-26(28)30-20-14-11-9-7-8-10-12-17-23(2)3/h23-25H,6-22H2,1-5H3. The van der Waals surface area contributed by atoms with Crippen LogP contribution in [-0.4, -0.2) is 38.2 Å². The lowest BCUT2D eigenvalue weighted by atomic mass is 10.0. The maximum absolute atomic E-state index is 11.8. The van der Waals surface area contributed by atoms with Crippen molar-refractivity contribution >= 4 is 12.3 Å². The van der Waals surface area contributed by atoms with Crippen LogP contribution in [0.4, 0.5) is 9.59 Å². The minimum Gasteiger partial charge on any atom is -0.434 e. The van der Waals surface area contributed by atoms with Crippen molar-refractivity contribution in [3.05, 3.63) is 0 Å². The molecule has 1 unspecified atom stereocenters. The second-order valence-corrected chi connectivity index (χ2v) is 9.88. The van der Waals surface area contributed by atoms with Crippen LogP contribution in [0.1, 0.15) is 125 Å². The van der Waals surface area contributed by atoms with Gasteiger partial charge in [0.2, 0.25) is 0 Å². The van der Waals surface area contributed by atoms with Crippen LogP contribution in [-0.2, 0) is 18.9 Å². The molecule has 0 aromatic rings. The SMILES string of the molecule is CCC(CCCOC(=O)OCCCCCCCCCC(C)C)OC(=O)OCCCCC(C)C. The largest absolute Gasteiger partial charge is 0.508 e. The summed E-state index contributed by atoms with van der Waals surface area (Å²) in [5.41, 5.74) is 0. The molecule has 6 nitrogen and oxygen atoms in total. The molecule has 0 radical (unpaired) electrons. The number of rotatable bonds is 21. The Morgan fingerprint density at radius 1 is 0.545 bits per heavy atom. The number of ether oxygens (including phenoxy) is 4.